The van der Waals surface area contributed by atoms with Crippen LogP contribution in [0.4, 0.5) is 4.79 Å². The Labute approximate surface area is 133 Å². The summed E-state index contributed by atoms with van der Waals surface area (Å²) in [4.78, 5) is 14.0. The van der Waals surface area contributed by atoms with E-state index in [2.05, 4.69) is 37.4 Å². The molecular weight excluding hydrogens is 276 g/mol. The lowest BCUT2D eigenvalue weighted by Gasteiger charge is -2.35. The second-order valence-corrected chi connectivity index (χ2v) is 6.83. The van der Waals surface area contributed by atoms with Crippen LogP contribution < -0.4 is 5.32 Å². The van der Waals surface area contributed by atoms with Crippen LogP contribution >= 0.6 is 0 Å². The van der Waals surface area contributed by atoms with Gasteiger partial charge >= 0.3 is 6.03 Å². The molecule has 122 valence electrons. The Bertz CT molecular complexity index is 510. The van der Waals surface area contributed by atoms with E-state index in [0.29, 0.717) is 6.54 Å². The van der Waals surface area contributed by atoms with Crippen molar-refractivity contribution in [3.8, 4) is 0 Å². The second-order valence-electron chi connectivity index (χ2n) is 6.83. The number of carbonyl (C=O) groups excluding carboxylic acids is 1. The third-order valence-electron chi connectivity index (χ3n) is 4.40. The molecule has 1 saturated heterocycles. The third-order valence-corrected chi connectivity index (χ3v) is 4.40. The molecule has 22 heavy (non-hydrogen) atoms. The fourth-order valence-electron chi connectivity index (χ4n) is 3.13. The number of β-amino-alcohol motifs (C(OH)–C–C–N with tert-alkyl or cyclic N) is 1. The Hall–Kier alpha value is -1.55. The van der Waals surface area contributed by atoms with Gasteiger partial charge in [0.1, 0.15) is 0 Å². The summed E-state index contributed by atoms with van der Waals surface area (Å²) in [5.74, 6) is 0.275. The first-order chi connectivity index (χ1) is 10.3. The van der Waals surface area contributed by atoms with Crippen LogP contribution in [0.5, 0.6) is 0 Å². The zero-order valence-corrected chi connectivity index (χ0v) is 14.1. The van der Waals surface area contributed by atoms with Gasteiger partial charge in [0.2, 0.25) is 0 Å². The number of piperidine rings is 1. The number of urea groups is 1. The molecule has 0 saturated carbocycles. The van der Waals surface area contributed by atoms with Gasteiger partial charge in [-0.2, -0.15) is 0 Å². The van der Waals surface area contributed by atoms with Crippen molar-refractivity contribution in [1.29, 1.82) is 0 Å². The van der Waals surface area contributed by atoms with Crippen molar-refractivity contribution < 1.29 is 9.90 Å². The van der Waals surface area contributed by atoms with Crippen LogP contribution in [0.3, 0.4) is 0 Å². The highest BCUT2D eigenvalue weighted by Gasteiger charge is 2.27. The minimum absolute atomic E-state index is 0.0668. The summed E-state index contributed by atoms with van der Waals surface area (Å²) in [6.45, 7) is 9.40. The number of nitrogens with zero attached hydrogens (tertiary/aromatic N) is 1. The summed E-state index contributed by atoms with van der Waals surface area (Å²) in [5.41, 5.74) is 3.75. The predicted molar refractivity (Wildman–Crippen MR) is 89.0 cm³/mol. The lowest BCUT2D eigenvalue weighted by Crippen LogP contribution is -2.51. The first-order valence-corrected chi connectivity index (χ1v) is 8.16. The number of aliphatic hydroxyl groups is 1. The number of hydrogen-bond donors (Lipinski definition) is 2. The van der Waals surface area contributed by atoms with Crippen molar-refractivity contribution in [2.75, 3.05) is 13.1 Å². The average molecular weight is 304 g/mol. The molecule has 4 heteroatoms. The molecule has 3 atom stereocenters. The fraction of sp³-hybridized carbons (Fsp3) is 0.611. The largest absolute Gasteiger partial charge is 0.391 e. The predicted octanol–water partition coefficient (Wildman–Crippen LogP) is 2.65. The fourth-order valence-corrected chi connectivity index (χ4v) is 3.13. The third kappa shape index (κ3) is 4.47. The number of rotatable bonds is 3. The van der Waals surface area contributed by atoms with Gasteiger partial charge in [-0.3, -0.25) is 0 Å². The molecule has 1 fully saturated rings. The van der Waals surface area contributed by atoms with E-state index < -0.39 is 6.10 Å². The zero-order valence-electron chi connectivity index (χ0n) is 14.1. The first kappa shape index (κ1) is 16.8. The van der Waals surface area contributed by atoms with Crippen molar-refractivity contribution in [2.45, 2.75) is 52.7 Å². The zero-order chi connectivity index (χ0) is 16.3. The number of carbonyl (C=O) groups is 1. The van der Waals surface area contributed by atoms with Gasteiger partial charge in [0.05, 0.1) is 6.10 Å². The average Bonchev–Trinajstić information content (AvgIpc) is 2.40. The van der Waals surface area contributed by atoms with Gasteiger partial charge in [-0.1, -0.05) is 36.2 Å². The summed E-state index contributed by atoms with van der Waals surface area (Å²) < 4.78 is 0. The van der Waals surface area contributed by atoms with Crippen LogP contribution in [0.2, 0.25) is 0 Å². The van der Waals surface area contributed by atoms with E-state index in [9.17, 15) is 9.90 Å². The van der Waals surface area contributed by atoms with Crippen LogP contribution in [-0.2, 0) is 6.42 Å². The number of hydrogen-bond acceptors (Lipinski definition) is 2. The smallest absolute Gasteiger partial charge is 0.317 e. The summed E-state index contributed by atoms with van der Waals surface area (Å²) >= 11 is 0. The Kier molecular flexibility index (Phi) is 5.46. The Balaban J connectivity index is 1.88. The van der Waals surface area contributed by atoms with Gasteiger partial charge in [-0.25, -0.2) is 4.79 Å². The van der Waals surface area contributed by atoms with Crippen molar-refractivity contribution in [1.82, 2.24) is 10.2 Å². The van der Waals surface area contributed by atoms with Gasteiger partial charge in [0.15, 0.2) is 0 Å². The van der Waals surface area contributed by atoms with E-state index >= 15 is 0 Å². The molecule has 0 aliphatic carbocycles. The Morgan fingerprint density at radius 1 is 1.36 bits per heavy atom. The van der Waals surface area contributed by atoms with Crippen LogP contribution in [0.1, 0.15) is 37.0 Å². The number of benzene rings is 1. The highest BCUT2D eigenvalue weighted by atomic mass is 16.3. The maximum atomic E-state index is 12.3. The van der Waals surface area contributed by atoms with Crippen molar-refractivity contribution in [3.63, 3.8) is 0 Å². The standard InChI is InChI=1S/C18H28N2O2/c1-12-7-13(2)9-16(8-12)10-15(4)19-18(22)20-6-5-14(3)17(21)11-20/h7-9,14-15,17,21H,5-6,10-11H2,1-4H3,(H,19,22). The van der Waals surface area contributed by atoms with Crippen molar-refractivity contribution in [3.05, 3.63) is 34.9 Å². The number of likely N-dealkylation sites (tertiary alicyclic amines) is 1. The van der Waals surface area contributed by atoms with E-state index in [4.69, 9.17) is 0 Å². The topological polar surface area (TPSA) is 52.6 Å². The number of aliphatic hydroxyl groups excluding tert-OH is 1. The van der Waals surface area contributed by atoms with Gasteiger partial charge in [-0.15, -0.1) is 0 Å². The molecule has 2 N–H and O–H groups in total. The van der Waals surface area contributed by atoms with Gasteiger partial charge in [-0.05, 0) is 45.1 Å². The maximum absolute atomic E-state index is 12.3. The Morgan fingerprint density at radius 2 is 2.00 bits per heavy atom. The summed E-state index contributed by atoms with van der Waals surface area (Å²) in [7, 11) is 0. The minimum Gasteiger partial charge on any atom is -0.391 e. The van der Waals surface area contributed by atoms with Crippen LogP contribution in [-0.4, -0.2) is 41.3 Å². The molecule has 0 aromatic heterocycles. The Morgan fingerprint density at radius 3 is 2.59 bits per heavy atom. The molecule has 1 aliphatic heterocycles. The highest BCUT2D eigenvalue weighted by molar-refractivity contribution is 5.74. The molecule has 0 bridgehead atoms. The van der Waals surface area contributed by atoms with E-state index in [1.165, 1.54) is 16.7 Å². The normalized spacial score (nSPS) is 23.2. The van der Waals surface area contributed by atoms with E-state index in [1.54, 1.807) is 4.90 Å². The monoisotopic (exact) mass is 304 g/mol. The molecule has 1 aromatic carbocycles. The van der Waals surface area contributed by atoms with Crippen molar-refractivity contribution >= 4 is 6.03 Å². The molecule has 1 aromatic rings. The molecule has 2 amide bonds. The van der Waals surface area contributed by atoms with Crippen LogP contribution in [0.25, 0.3) is 0 Å². The molecule has 3 unspecified atom stereocenters. The van der Waals surface area contributed by atoms with Crippen molar-refractivity contribution in [2.24, 2.45) is 5.92 Å². The lowest BCUT2D eigenvalue weighted by atomic mass is 9.96. The first-order valence-electron chi connectivity index (χ1n) is 8.16. The minimum atomic E-state index is -0.408. The molecule has 0 radical (unpaired) electrons. The number of amides is 2. The molecule has 1 aliphatic rings. The quantitative estimate of drug-likeness (QED) is 0.902. The highest BCUT2D eigenvalue weighted by Crippen LogP contribution is 2.17. The molecular formula is C18H28N2O2. The second kappa shape index (κ2) is 7.14. The molecule has 4 nitrogen and oxygen atoms in total. The van der Waals surface area contributed by atoms with E-state index in [1.807, 2.05) is 13.8 Å². The number of nitrogens with one attached hydrogen (secondary N) is 1. The summed E-state index contributed by atoms with van der Waals surface area (Å²) in [6, 6.07) is 6.50. The van der Waals surface area contributed by atoms with E-state index in [-0.39, 0.29) is 18.0 Å². The van der Waals surface area contributed by atoms with E-state index in [0.717, 1.165) is 19.4 Å². The number of aryl methyl sites for hydroxylation is 2. The summed E-state index contributed by atoms with van der Waals surface area (Å²) in [5, 5.41) is 13.0. The van der Waals surface area contributed by atoms with Gasteiger partial charge < -0.3 is 15.3 Å². The maximum Gasteiger partial charge on any atom is 0.317 e. The SMILES string of the molecule is Cc1cc(C)cc(CC(C)NC(=O)N2CCC(C)C(O)C2)c1. The molecule has 1 heterocycles. The van der Waals surface area contributed by atoms with Crippen LogP contribution in [0, 0.1) is 19.8 Å². The molecule has 0 spiro atoms. The summed E-state index contributed by atoms with van der Waals surface area (Å²) in [6.07, 6.45) is 1.27. The van der Waals surface area contributed by atoms with Gasteiger partial charge in [0, 0.05) is 19.1 Å². The van der Waals surface area contributed by atoms with Gasteiger partial charge in [0.25, 0.3) is 0 Å². The lowest BCUT2D eigenvalue weighted by molar-refractivity contribution is 0.0431. The van der Waals surface area contributed by atoms with Crippen LogP contribution in [0.15, 0.2) is 18.2 Å². The molecule has 2 rings (SSSR count).